The SMILES string of the molecule is CS(=O)(=O)C1CSCCN1CCNC1CCOCC1. The molecule has 1 N–H and O–H groups in total. The smallest absolute Gasteiger partial charge is 0.164 e. The average molecular weight is 308 g/mol. The molecule has 0 aliphatic carbocycles. The minimum atomic E-state index is -2.97. The summed E-state index contributed by atoms with van der Waals surface area (Å²) in [6, 6.07) is 0.532. The Morgan fingerprint density at radius 3 is 2.79 bits per heavy atom. The van der Waals surface area contributed by atoms with Gasteiger partial charge in [-0.15, -0.1) is 0 Å². The lowest BCUT2D eigenvalue weighted by molar-refractivity contribution is 0.0772. The van der Waals surface area contributed by atoms with Crippen LogP contribution in [-0.2, 0) is 14.6 Å². The Balaban J connectivity index is 1.76. The summed E-state index contributed by atoms with van der Waals surface area (Å²) < 4.78 is 28.9. The Morgan fingerprint density at radius 1 is 1.37 bits per heavy atom. The van der Waals surface area contributed by atoms with E-state index in [4.69, 9.17) is 4.74 Å². The van der Waals surface area contributed by atoms with Gasteiger partial charge in [-0.05, 0) is 12.8 Å². The highest BCUT2D eigenvalue weighted by Gasteiger charge is 2.30. The van der Waals surface area contributed by atoms with E-state index in [1.807, 2.05) is 0 Å². The van der Waals surface area contributed by atoms with Crippen LogP contribution in [0.25, 0.3) is 0 Å². The van der Waals surface area contributed by atoms with E-state index in [2.05, 4.69) is 10.2 Å². The molecule has 0 amide bonds. The molecule has 2 rings (SSSR count). The van der Waals surface area contributed by atoms with E-state index in [0.717, 1.165) is 51.4 Å². The van der Waals surface area contributed by atoms with Crippen LogP contribution in [0.4, 0.5) is 0 Å². The van der Waals surface area contributed by atoms with Crippen molar-refractivity contribution in [2.24, 2.45) is 0 Å². The first-order chi connectivity index (χ1) is 9.07. The molecular weight excluding hydrogens is 284 g/mol. The molecule has 5 nitrogen and oxygen atoms in total. The van der Waals surface area contributed by atoms with Crippen molar-refractivity contribution < 1.29 is 13.2 Å². The summed E-state index contributed by atoms with van der Waals surface area (Å²) >= 11 is 1.74. The molecular formula is C12H24N2O3S2. The van der Waals surface area contributed by atoms with E-state index in [9.17, 15) is 8.42 Å². The molecule has 2 aliphatic rings. The van der Waals surface area contributed by atoms with Crippen LogP contribution < -0.4 is 5.32 Å². The second kappa shape index (κ2) is 7.26. The van der Waals surface area contributed by atoms with Crippen LogP contribution in [0.1, 0.15) is 12.8 Å². The van der Waals surface area contributed by atoms with Crippen molar-refractivity contribution in [1.82, 2.24) is 10.2 Å². The Labute approximate surface area is 120 Å². The fourth-order valence-electron chi connectivity index (χ4n) is 2.58. The van der Waals surface area contributed by atoms with Crippen molar-refractivity contribution in [3.05, 3.63) is 0 Å². The first-order valence-corrected chi connectivity index (χ1v) is 10.00. The Hall–Kier alpha value is 0.180. The topological polar surface area (TPSA) is 58.6 Å². The summed E-state index contributed by atoms with van der Waals surface area (Å²) in [6.07, 6.45) is 3.47. The van der Waals surface area contributed by atoms with Crippen LogP contribution >= 0.6 is 11.8 Å². The van der Waals surface area contributed by atoms with Crippen molar-refractivity contribution in [3.63, 3.8) is 0 Å². The number of ether oxygens (including phenoxy) is 1. The van der Waals surface area contributed by atoms with Gasteiger partial charge < -0.3 is 10.1 Å². The summed E-state index contributed by atoms with van der Waals surface area (Å²) in [6.45, 7) is 4.23. The number of hydrogen-bond donors (Lipinski definition) is 1. The van der Waals surface area contributed by atoms with Gasteiger partial charge in [0.2, 0.25) is 0 Å². The molecule has 0 bridgehead atoms. The normalized spacial score (nSPS) is 27.5. The first-order valence-electron chi connectivity index (χ1n) is 6.89. The minimum absolute atomic E-state index is 0.303. The molecule has 0 radical (unpaired) electrons. The lowest BCUT2D eigenvalue weighted by Crippen LogP contribution is -2.50. The van der Waals surface area contributed by atoms with Gasteiger partial charge in [-0.3, -0.25) is 4.90 Å². The predicted octanol–water partition coefficient (Wildman–Crippen LogP) is 0.175. The number of sulfone groups is 1. The number of thioether (sulfide) groups is 1. The van der Waals surface area contributed by atoms with Crippen molar-refractivity contribution in [1.29, 1.82) is 0 Å². The Bertz CT molecular complexity index is 369. The molecule has 2 heterocycles. The third kappa shape index (κ3) is 4.90. The van der Waals surface area contributed by atoms with Crippen LogP contribution in [0, 0.1) is 0 Å². The third-order valence-electron chi connectivity index (χ3n) is 3.74. The van der Waals surface area contributed by atoms with Gasteiger partial charge in [0.1, 0.15) is 5.37 Å². The average Bonchev–Trinajstić information content (AvgIpc) is 2.39. The first kappa shape index (κ1) is 15.6. The van der Waals surface area contributed by atoms with Crippen LogP contribution in [-0.4, -0.2) is 75.3 Å². The van der Waals surface area contributed by atoms with E-state index in [1.165, 1.54) is 6.26 Å². The molecule has 1 unspecified atom stereocenters. The zero-order valence-corrected chi connectivity index (χ0v) is 13.1. The van der Waals surface area contributed by atoms with Crippen LogP contribution in [0.2, 0.25) is 0 Å². The maximum absolute atomic E-state index is 11.8. The van der Waals surface area contributed by atoms with Crippen molar-refractivity contribution in [3.8, 4) is 0 Å². The summed E-state index contributed by atoms with van der Waals surface area (Å²) in [7, 11) is -2.97. The van der Waals surface area contributed by atoms with Crippen LogP contribution in [0.5, 0.6) is 0 Å². The van der Waals surface area contributed by atoms with Gasteiger partial charge in [0.05, 0.1) is 0 Å². The van der Waals surface area contributed by atoms with Gasteiger partial charge in [-0.2, -0.15) is 11.8 Å². The van der Waals surface area contributed by atoms with Crippen molar-refractivity contribution >= 4 is 21.6 Å². The molecule has 2 saturated heterocycles. The quantitative estimate of drug-likeness (QED) is 0.782. The Kier molecular flexibility index (Phi) is 5.95. The van der Waals surface area contributed by atoms with E-state index in [0.29, 0.717) is 11.8 Å². The molecule has 2 fully saturated rings. The molecule has 0 aromatic heterocycles. The highest BCUT2D eigenvalue weighted by Crippen LogP contribution is 2.19. The second-order valence-electron chi connectivity index (χ2n) is 5.24. The van der Waals surface area contributed by atoms with Gasteiger partial charge in [-0.1, -0.05) is 0 Å². The summed E-state index contributed by atoms with van der Waals surface area (Å²) in [5, 5.41) is 3.21. The minimum Gasteiger partial charge on any atom is -0.381 e. The van der Waals surface area contributed by atoms with Gasteiger partial charge in [-0.25, -0.2) is 8.42 Å². The summed E-state index contributed by atoms with van der Waals surface area (Å²) in [4.78, 5) is 2.11. The van der Waals surface area contributed by atoms with E-state index in [-0.39, 0.29) is 5.37 Å². The molecule has 19 heavy (non-hydrogen) atoms. The molecule has 0 spiro atoms. The maximum atomic E-state index is 11.8. The van der Waals surface area contributed by atoms with Gasteiger partial charge in [0, 0.05) is 56.7 Å². The number of hydrogen-bond acceptors (Lipinski definition) is 6. The zero-order valence-electron chi connectivity index (χ0n) is 11.5. The highest BCUT2D eigenvalue weighted by molar-refractivity contribution is 8.00. The molecule has 1 atom stereocenters. The predicted molar refractivity (Wildman–Crippen MR) is 79.4 cm³/mol. The number of nitrogens with one attached hydrogen (secondary N) is 1. The molecule has 0 aromatic carbocycles. The second-order valence-corrected chi connectivity index (χ2v) is 8.59. The monoisotopic (exact) mass is 308 g/mol. The molecule has 2 aliphatic heterocycles. The van der Waals surface area contributed by atoms with Gasteiger partial charge in [0.15, 0.2) is 9.84 Å². The zero-order chi connectivity index (χ0) is 13.7. The molecule has 112 valence electrons. The largest absolute Gasteiger partial charge is 0.381 e. The van der Waals surface area contributed by atoms with Crippen LogP contribution in [0.3, 0.4) is 0 Å². The van der Waals surface area contributed by atoms with E-state index < -0.39 is 9.84 Å². The lowest BCUT2D eigenvalue weighted by atomic mass is 10.1. The fourth-order valence-corrected chi connectivity index (χ4v) is 5.55. The maximum Gasteiger partial charge on any atom is 0.164 e. The molecule has 7 heteroatoms. The Morgan fingerprint density at radius 2 is 2.11 bits per heavy atom. The van der Waals surface area contributed by atoms with Gasteiger partial charge in [0.25, 0.3) is 0 Å². The summed E-state index contributed by atoms with van der Waals surface area (Å²) in [5.74, 6) is 1.74. The third-order valence-corrected chi connectivity index (χ3v) is 6.43. The molecule has 0 aromatic rings. The van der Waals surface area contributed by atoms with E-state index in [1.54, 1.807) is 11.8 Å². The van der Waals surface area contributed by atoms with E-state index >= 15 is 0 Å². The van der Waals surface area contributed by atoms with Crippen molar-refractivity contribution in [2.45, 2.75) is 24.3 Å². The number of rotatable bonds is 5. The highest BCUT2D eigenvalue weighted by atomic mass is 32.2. The molecule has 0 saturated carbocycles. The van der Waals surface area contributed by atoms with Crippen molar-refractivity contribution in [2.75, 3.05) is 50.6 Å². The number of nitrogens with zero attached hydrogens (tertiary/aromatic N) is 1. The standard InChI is InChI=1S/C12H24N2O3S2/c1-19(15,16)12-10-18-9-6-14(12)5-4-13-11-2-7-17-8-3-11/h11-13H,2-10H2,1H3. The van der Waals surface area contributed by atoms with Crippen LogP contribution in [0.15, 0.2) is 0 Å². The fraction of sp³-hybridized carbons (Fsp3) is 1.00. The van der Waals surface area contributed by atoms with Gasteiger partial charge >= 0.3 is 0 Å². The lowest BCUT2D eigenvalue weighted by Gasteiger charge is -2.34. The summed E-state index contributed by atoms with van der Waals surface area (Å²) in [5.41, 5.74) is 0.